The van der Waals surface area contributed by atoms with E-state index in [1.165, 1.54) is 18.4 Å². The molecule has 1 aliphatic carbocycles. The van der Waals surface area contributed by atoms with Gasteiger partial charge >= 0.3 is 0 Å². The zero-order valence-electron chi connectivity index (χ0n) is 13.0. The molecule has 1 aliphatic rings. The first-order valence-electron chi connectivity index (χ1n) is 7.65. The van der Waals surface area contributed by atoms with Crippen LogP contribution < -0.4 is 5.32 Å². The lowest BCUT2D eigenvalue weighted by Crippen LogP contribution is -2.46. The molecule has 1 saturated carbocycles. The van der Waals surface area contributed by atoms with Crippen LogP contribution in [0.25, 0.3) is 0 Å². The van der Waals surface area contributed by atoms with E-state index in [4.69, 9.17) is 0 Å². The minimum atomic E-state index is -0.281. The van der Waals surface area contributed by atoms with Gasteiger partial charge in [-0.3, -0.25) is 0 Å². The van der Waals surface area contributed by atoms with Crippen LogP contribution in [0.5, 0.6) is 0 Å². The van der Waals surface area contributed by atoms with Gasteiger partial charge in [0.2, 0.25) is 0 Å². The fourth-order valence-electron chi connectivity index (χ4n) is 2.86. The van der Waals surface area contributed by atoms with Crippen molar-refractivity contribution in [3.8, 4) is 0 Å². The summed E-state index contributed by atoms with van der Waals surface area (Å²) in [7, 11) is 2.09. The Kier molecular flexibility index (Phi) is 5.19. The van der Waals surface area contributed by atoms with E-state index in [0.717, 1.165) is 19.1 Å². The van der Waals surface area contributed by atoms with E-state index in [-0.39, 0.29) is 11.5 Å². The van der Waals surface area contributed by atoms with Gasteiger partial charge in [0.25, 0.3) is 0 Å². The monoisotopic (exact) mass is 276 g/mol. The third kappa shape index (κ3) is 4.58. The number of likely N-dealkylation sites (N-methyl/N-ethyl adjacent to an activating group) is 1. The van der Waals surface area contributed by atoms with Gasteiger partial charge in [-0.15, -0.1) is 0 Å². The maximum Gasteiger partial charge on any atom is 0.0638 e. The molecule has 0 heterocycles. The summed E-state index contributed by atoms with van der Waals surface area (Å²) in [6.07, 6.45) is 2.35. The molecule has 2 atom stereocenters. The third-order valence-electron chi connectivity index (χ3n) is 4.02. The molecular formula is C17H28N2O. The number of nitrogens with one attached hydrogen (secondary N) is 1. The van der Waals surface area contributed by atoms with Crippen molar-refractivity contribution in [1.82, 2.24) is 10.2 Å². The second-order valence-corrected chi connectivity index (χ2v) is 6.63. The van der Waals surface area contributed by atoms with Gasteiger partial charge in [0, 0.05) is 31.1 Å². The molecule has 0 spiro atoms. The third-order valence-corrected chi connectivity index (χ3v) is 4.02. The lowest BCUT2D eigenvalue weighted by molar-refractivity contribution is 0.127. The minimum Gasteiger partial charge on any atom is -0.392 e. The SMILES string of the molecule is CC(O)CN(C)CC(C)(CNC1CC1)c1ccccc1. The number of hydrogen-bond acceptors (Lipinski definition) is 3. The van der Waals surface area contributed by atoms with Crippen molar-refractivity contribution < 1.29 is 5.11 Å². The maximum atomic E-state index is 9.56. The normalized spacial score (nSPS) is 19.9. The molecule has 2 unspecified atom stereocenters. The molecule has 0 bridgehead atoms. The average molecular weight is 276 g/mol. The zero-order valence-corrected chi connectivity index (χ0v) is 13.0. The average Bonchev–Trinajstić information content (AvgIpc) is 3.20. The molecule has 0 radical (unpaired) electrons. The summed E-state index contributed by atoms with van der Waals surface area (Å²) in [5.41, 5.74) is 1.44. The summed E-state index contributed by atoms with van der Waals surface area (Å²) >= 11 is 0. The van der Waals surface area contributed by atoms with Crippen LogP contribution in [0.2, 0.25) is 0 Å². The van der Waals surface area contributed by atoms with Crippen molar-refractivity contribution in [2.45, 2.75) is 44.2 Å². The van der Waals surface area contributed by atoms with Crippen LogP contribution in [-0.2, 0) is 5.41 Å². The van der Waals surface area contributed by atoms with Gasteiger partial charge in [0.05, 0.1) is 6.10 Å². The first kappa shape index (κ1) is 15.5. The number of benzene rings is 1. The van der Waals surface area contributed by atoms with E-state index in [1.54, 1.807) is 0 Å². The molecule has 3 nitrogen and oxygen atoms in total. The van der Waals surface area contributed by atoms with Crippen molar-refractivity contribution in [3.05, 3.63) is 35.9 Å². The highest BCUT2D eigenvalue weighted by Gasteiger charge is 2.31. The van der Waals surface area contributed by atoms with Gasteiger partial charge in [-0.05, 0) is 32.4 Å². The Morgan fingerprint density at radius 2 is 2.00 bits per heavy atom. The van der Waals surface area contributed by atoms with Crippen molar-refractivity contribution in [2.75, 3.05) is 26.7 Å². The molecule has 2 rings (SSSR count). The lowest BCUT2D eigenvalue weighted by Gasteiger charge is -2.35. The number of nitrogens with zero attached hydrogens (tertiary/aromatic N) is 1. The summed E-state index contributed by atoms with van der Waals surface area (Å²) in [6, 6.07) is 11.4. The molecule has 0 aliphatic heterocycles. The Labute approximate surface area is 123 Å². The second-order valence-electron chi connectivity index (χ2n) is 6.63. The van der Waals surface area contributed by atoms with Crippen molar-refractivity contribution in [1.29, 1.82) is 0 Å². The summed E-state index contributed by atoms with van der Waals surface area (Å²) in [4.78, 5) is 2.23. The molecule has 1 aromatic rings. The summed E-state index contributed by atoms with van der Waals surface area (Å²) in [5, 5.41) is 13.2. The molecule has 0 saturated heterocycles. The lowest BCUT2D eigenvalue weighted by atomic mass is 9.81. The molecule has 0 aromatic heterocycles. The number of rotatable bonds is 8. The van der Waals surface area contributed by atoms with Crippen molar-refractivity contribution >= 4 is 0 Å². The highest BCUT2D eigenvalue weighted by molar-refractivity contribution is 5.26. The van der Waals surface area contributed by atoms with Crippen LogP contribution in [-0.4, -0.2) is 48.8 Å². The predicted molar refractivity (Wildman–Crippen MR) is 84.0 cm³/mol. The van der Waals surface area contributed by atoms with Gasteiger partial charge in [-0.2, -0.15) is 0 Å². The van der Waals surface area contributed by atoms with Gasteiger partial charge in [-0.1, -0.05) is 37.3 Å². The second kappa shape index (κ2) is 6.70. The van der Waals surface area contributed by atoms with E-state index >= 15 is 0 Å². The topological polar surface area (TPSA) is 35.5 Å². The quantitative estimate of drug-likeness (QED) is 0.762. The molecule has 1 aromatic carbocycles. The van der Waals surface area contributed by atoms with E-state index in [2.05, 4.69) is 54.5 Å². The van der Waals surface area contributed by atoms with Gasteiger partial charge in [-0.25, -0.2) is 0 Å². The molecule has 20 heavy (non-hydrogen) atoms. The Balaban J connectivity index is 2.05. The number of aliphatic hydroxyl groups is 1. The molecule has 1 fully saturated rings. The molecule has 0 amide bonds. The highest BCUT2D eigenvalue weighted by Crippen LogP contribution is 2.26. The van der Waals surface area contributed by atoms with Crippen LogP contribution in [0.1, 0.15) is 32.3 Å². The first-order chi connectivity index (χ1) is 9.49. The van der Waals surface area contributed by atoms with E-state index in [9.17, 15) is 5.11 Å². The Morgan fingerprint density at radius 3 is 2.55 bits per heavy atom. The summed E-state index contributed by atoms with van der Waals surface area (Å²) in [5.74, 6) is 0. The van der Waals surface area contributed by atoms with Gasteiger partial charge < -0.3 is 15.3 Å². The van der Waals surface area contributed by atoms with Crippen LogP contribution in [0.3, 0.4) is 0 Å². The van der Waals surface area contributed by atoms with E-state index < -0.39 is 0 Å². The van der Waals surface area contributed by atoms with Crippen molar-refractivity contribution in [2.24, 2.45) is 0 Å². The van der Waals surface area contributed by atoms with Crippen LogP contribution in [0.4, 0.5) is 0 Å². The smallest absolute Gasteiger partial charge is 0.0638 e. The zero-order chi connectivity index (χ0) is 14.6. The molecule has 3 heteroatoms. The largest absolute Gasteiger partial charge is 0.392 e. The maximum absolute atomic E-state index is 9.56. The number of hydrogen-bond donors (Lipinski definition) is 2. The summed E-state index contributed by atoms with van der Waals surface area (Å²) in [6.45, 7) is 6.81. The highest BCUT2D eigenvalue weighted by atomic mass is 16.3. The van der Waals surface area contributed by atoms with Gasteiger partial charge in [0.15, 0.2) is 0 Å². The van der Waals surface area contributed by atoms with Crippen LogP contribution >= 0.6 is 0 Å². The molecule has 112 valence electrons. The van der Waals surface area contributed by atoms with Gasteiger partial charge in [0.1, 0.15) is 0 Å². The fraction of sp³-hybridized carbons (Fsp3) is 0.647. The minimum absolute atomic E-state index is 0.0769. The van der Waals surface area contributed by atoms with E-state index in [1.807, 2.05) is 6.92 Å². The predicted octanol–water partition coefficient (Wildman–Crippen LogP) is 2.01. The standard InChI is InChI=1S/C17H28N2O/c1-14(20)11-19(3)13-17(2,12-18-16-9-10-16)15-7-5-4-6-8-15/h4-8,14,16,18,20H,9-13H2,1-3H3. The first-order valence-corrected chi connectivity index (χ1v) is 7.65. The Hall–Kier alpha value is -0.900. The molecule has 2 N–H and O–H groups in total. The fourth-order valence-corrected chi connectivity index (χ4v) is 2.86. The number of aliphatic hydroxyl groups excluding tert-OH is 1. The van der Waals surface area contributed by atoms with E-state index in [0.29, 0.717) is 6.54 Å². The Morgan fingerprint density at radius 1 is 1.35 bits per heavy atom. The molecular weight excluding hydrogens is 248 g/mol. The van der Waals surface area contributed by atoms with Crippen LogP contribution in [0, 0.1) is 0 Å². The summed E-state index contributed by atoms with van der Waals surface area (Å²) < 4.78 is 0. The Bertz CT molecular complexity index is 403. The van der Waals surface area contributed by atoms with Crippen molar-refractivity contribution in [3.63, 3.8) is 0 Å². The van der Waals surface area contributed by atoms with Crippen LogP contribution in [0.15, 0.2) is 30.3 Å².